The molecule has 7 nitrogen and oxygen atoms in total. The van der Waals surface area contributed by atoms with E-state index in [1.807, 2.05) is 0 Å². The van der Waals surface area contributed by atoms with Crippen LogP contribution in [0.5, 0.6) is 5.88 Å². The molecular weight excluding hydrogens is 216 g/mol. The van der Waals surface area contributed by atoms with Crippen molar-refractivity contribution in [3.8, 4) is 5.88 Å². The molecule has 0 N–H and O–H groups in total. The van der Waals surface area contributed by atoms with Crippen LogP contribution in [0.1, 0.15) is 10.5 Å². The number of carbonyl (C=O) groups is 2. The van der Waals surface area contributed by atoms with Crippen molar-refractivity contribution in [2.45, 2.75) is 6.54 Å². The summed E-state index contributed by atoms with van der Waals surface area (Å²) in [6.07, 6.45) is 0. The quantitative estimate of drug-likeness (QED) is 0.653. The maximum Gasteiger partial charge on any atom is 0.356 e. The average molecular weight is 226 g/mol. The van der Waals surface area contributed by atoms with E-state index in [4.69, 9.17) is 9.47 Å². The first-order valence-corrected chi connectivity index (χ1v) is 4.65. The zero-order chi connectivity index (χ0) is 11.5. The number of rotatable bonds is 3. The lowest BCUT2D eigenvalue weighted by molar-refractivity contribution is -0.143. The van der Waals surface area contributed by atoms with Gasteiger partial charge in [-0.05, 0) is 0 Å². The highest BCUT2D eigenvalue weighted by Crippen LogP contribution is 2.16. The minimum Gasteiger partial charge on any atom is -0.466 e. The number of methoxy groups -OCH3 is 1. The SMILES string of the molecule is COC(=O)COc1cc2n(n1)CCOC2=O. The lowest BCUT2D eigenvalue weighted by Crippen LogP contribution is -2.23. The molecule has 7 heteroatoms. The van der Waals surface area contributed by atoms with Gasteiger partial charge in [-0.3, -0.25) is 4.68 Å². The van der Waals surface area contributed by atoms with Crippen molar-refractivity contribution < 1.29 is 23.8 Å². The van der Waals surface area contributed by atoms with Crippen molar-refractivity contribution in [3.05, 3.63) is 11.8 Å². The largest absolute Gasteiger partial charge is 0.466 e. The standard InChI is InChI=1S/C9H10N2O5/c1-14-8(12)5-16-7-4-6-9(13)15-3-2-11(6)10-7/h4H,2-3,5H2,1H3. The summed E-state index contributed by atoms with van der Waals surface area (Å²) in [5, 5.41) is 3.99. The van der Waals surface area contributed by atoms with Gasteiger partial charge in [-0.1, -0.05) is 0 Å². The number of ether oxygens (including phenoxy) is 3. The highest BCUT2D eigenvalue weighted by atomic mass is 16.6. The number of fused-ring (bicyclic) bond motifs is 1. The Kier molecular flexibility index (Phi) is 2.76. The van der Waals surface area contributed by atoms with E-state index in [0.29, 0.717) is 18.8 Å². The number of carbonyl (C=O) groups excluding carboxylic acids is 2. The molecule has 0 aliphatic carbocycles. The fourth-order valence-corrected chi connectivity index (χ4v) is 1.29. The number of cyclic esters (lactones) is 1. The molecule has 2 heterocycles. The molecule has 1 aliphatic rings. The monoisotopic (exact) mass is 226 g/mol. The molecular formula is C9H10N2O5. The number of nitrogens with zero attached hydrogens (tertiary/aromatic N) is 2. The van der Waals surface area contributed by atoms with Crippen LogP contribution in [0.2, 0.25) is 0 Å². The van der Waals surface area contributed by atoms with Gasteiger partial charge in [0, 0.05) is 6.07 Å². The van der Waals surface area contributed by atoms with Crippen molar-refractivity contribution in [2.24, 2.45) is 0 Å². The van der Waals surface area contributed by atoms with Crippen molar-refractivity contribution in [1.82, 2.24) is 9.78 Å². The van der Waals surface area contributed by atoms with Gasteiger partial charge >= 0.3 is 11.9 Å². The Morgan fingerprint density at radius 2 is 2.50 bits per heavy atom. The summed E-state index contributed by atoms with van der Waals surface area (Å²) in [4.78, 5) is 22.1. The molecule has 86 valence electrons. The van der Waals surface area contributed by atoms with Crippen LogP contribution in [0.25, 0.3) is 0 Å². The molecule has 2 rings (SSSR count). The summed E-state index contributed by atoms with van der Waals surface area (Å²) in [5.41, 5.74) is 0.325. The molecule has 1 aromatic rings. The van der Waals surface area contributed by atoms with Crippen molar-refractivity contribution in [1.29, 1.82) is 0 Å². The van der Waals surface area contributed by atoms with Crippen molar-refractivity contribution in [2.75, 3.05) is 20.3 Å². The summed E-state index contributed by atoms with van der Waals surface area (Å²) < 4.78 is 15.8. The van der Waals surface area contributed by atoms with Crippen LogP contribution in [-0.4, -0.2) is 42.0 Å². The van der Waals surface area contributed by atoms with Crippen molar-refractivity contribution >= 4 is 11.9 Å². The molecule has 0 amide bonds. The van der Waals surface area contributed by atoms with E-state index in [0.717, 1.165) is 0 Å². The maximum absolute atomic E-state index is 11.3. The lowest BCUT2D eigenvalue weighted by atomic mass is 10.4. The Balaban J connectivity index is 2.07. The first kappa shape index (κ1) is 10.5. The molecule has 0 atom stereocenters. The van der Waals surface area contributed by atoms with Crippen LogP contribution in [-0.2, 0) is 20.8 Å². The van der Waals surface area contributed by atoms with Gasteiger partial charge in [0.15, 0.2) is 12.3 Å². The van der Waals surface area contributed by atoms with E-state index in [-0.39, 0.29) is 12.5 Å². The van der Waals surface area contributed by atoms with Crippen LogP contribution < -0.4 is 4.74 Å². The van der Waals surface area contributed by atoms with Gasteiger partial charge in [0.1, 0.15) is 6.61 Å². The third-order valence-electron chi connectivity index (χ3n) is 2.07. The first-order valence-electron chi connectivity index (χ1n) is 4.65. The van der Waals surface area contributed by atoms with E-state index >= 15 is 0 Å². The predicted octanol–water partition coefficient (Wildman–Crippen LogP) is -0.395. The predicted molar refractivity (Wildman–Crippen MR) is 50.0 cm³/mol. The second-order valence-corrected chi connectivity index (χ2v) is 3.09. The average Bonchev–Trinajstić information content (AvgIpc) is 2.70. The fourth-order valence-electron chi connectivity index (χ4n) is 1.29. The third-order valence-corrected chi connectivity index (χ3v) is 2.07. The molecule has 0 spiro atoms. The molecule has 1 aliphatic heterocycles. The zero-order valence-electron chi connectivity index (χ0n) is 8.63. The molecule has 0 fully saturated rings. The summed E-state index contributed by atoms with van der Waals surface area (Å²) >= 11 is 0. The van der Waals surface area contributed by atoms with Gasteiger partial charge in [0.25, 0.3) is 0 Å². The van der Waals surface area contributed by atoms with E-state index in [2.05, 4.69) is 9.84 Å². The highest BCUT2D eigenvalue weighted by molar-refractivity contribution is 5.88. The van der Waals surface area contributed by atoms with Crippen LogP contribution in [0.4, 0.5) is 0 Å². The van der Waals surface area contributed by atoms with E-state index < -0.39 is 11.9 Å². The molecule has 0 bridgehead atoms. The van der Waals surface area contributed by atoms with Crippen LogP contribution in [0, 0.1) is 0 Å². The Bertz CT molecular complexity index is 426. The lowest BCUT2D eigenvalue weighted by Gasteiger charge is -2.12. The highest BCUT2D eigenvalue weighted by Gasteiger charge is 2.21. The smallest absolute Gasteiger partial charge is 0.356 e. The Morgan fingerprint density at radius 3 is 3.19 bits per heavy atom. The summed E-state index contributed by atoms with van der Waals surface area (Å²) in [6.45, 7) is 0.550. The molecule has 0 radical (unpaired) electrons. The molecule has 16 heavy (non-hydrogen) atoms. The first-order chi connectivity index (χ1) is 7.70. The van der Waals surface area contributed by atoms with Crippen LogP contribution in [0.15, 0.2) is 6.07 Å². The third kappa shape index (κ3) is 1.97. The maximum atomic E-state index is 11.3. The van der Waals surface area contributed by atoms with E-state index in [1.165, 1.54) is 17.9 Å². The van der Waals surface area contributed by atoms with Crippen molar-refractivity contribution in [3.63, 3.8) is 0 Å². The molecule has 1 aromatic heterocycles. The minimum atomic E-state index is -0.506. The topological polar surface area (TPSA) is 79.7 Å². The van der Waals surface area contributed by atoms with Gasteiger partial charge in [0.05, 0.1) is 13.7 Å². The van der Waals surface area contributed by atoms with Crippen LogP contribution in [0.3, 0.4) is 0 Å². The Morgan fingerprint density at radius 1 is 1.69 bits per heavy atom. The van der Waals surface area contributed by atoms with Gasteiger partial charge in [-0.2, -0.15) is 0 Å². The van der Waals surface area contributed by atoms with Crippen LogP contribution >= 0.6 is 0 Å². The Labute approximate surface area is 90.9 Å². The molecule has 0 aromatic carbocycles. The zero-order valence-corrected chi connectivity index (χ0v) is 8.63. The second kappa shape index (κ2) is 4.21. The van der Waals surface area contributed by atoms with Gasteiger partial charge in [0.2, 0.25) is 5.88 Å². The van der Waals surface area contributed by atoms with E-state index in [9.17, 15) is 9.59 Å². The number of esters is 2. The molecule has 0 saturated carbocycles. The summed E-state index contributed by atoms with van der Waals surface area (Å²) in [7, 11) is 1.27. The summed E-state index contributed by atoms with van der Waals surface area (Å²) in [6, 6.07) is 1.43. The van der Waals surface area contributed by atoms with E-state index in [1.54, 1.807) is 0 Å². The molecule has 0 saturated heterocycles. The number of hydrogen-bond acceptors (Lipinski definition) is 6. The molecule has 0 unspecified atom stereocenters. The minimum absolute atomic E-state index is 0.208. The van der Waals surface area contributed by atoms with Gasteiger partial charge in [-0.15, -0.1) is 5.10 Å². The normalized spacial score (nSPS) is 13.9. The summed E-state index contributed by atoms with van der Waals surface area (Å²) in [5.74, 6) is -0.737. The number of aromatic nitrogens is 2. The van der Waals surface area contributed by atoms with Gasteiger partial charge in [-0.25, -0.2) is 9.59 Å². The van der Waals surface area contributed by atoms with Gasteiger partial charge < -0.3 is 14.2 Å². The fraction of sp³-hybridized carbons (Fsp3) is 0.444. The Hall–Kier alpha value is -2.05. The number of hydrogen-bond donors (Lipinski definition) is 0. The second-order valence-electron chi connectivity index (χ2n) is 3.09.